The molecule has 1 aromatic heterocycles. The molecule has 0 bridgehead atoms. The molecule has 0 fully saturated rings. The zero-order valence-electron chi connectivity index (χ0n) is 15.4. The number of anilines is 1. The van der Waals surface area contributed by atoms with Gasteiger partial charge in [0, 0.05) is 30.8 Å². The molecule has 0 unspecified atom stereocenters. The Hall–Kier alpha value is -3.25. The molecule has 0 saturated heterocycles. The number of halogens is 1. The summed E-state index contributed by atoms with van der Waals surface area (Å²) in [5, 5.41) is 10.00. The Kier molecular flexibility index (Phi) is 6.70. The number of carbonyl (C=O) groups is 1. The molecule has 0 aliphatic rings. The Labute approximate surface area is 168 Å². The van der Waals surface area contributed by atoms with E-state index in [1.807, 2.05) is 48.5 Å². The third kappa shape index (κ3) is 5.37. The summed E-state index contributed by atoms with van der Waals surface area (Å²) in [6.45, 7) is 1.17. The minimum absolute atomic E-state index is 0.277. The van der Waals surface area contributed by atoms with Gasteiger partial charge in [0.25, 0.3) is 5.91 Å². The molecule has 1 heterocycles. The lowest BCUT2D eigenvalue weighted by molar-refractivity contribution is 0.0996. The first kappa shape index (κ1) is 19.5. The minimum atomic E-state index is -0.278. The van der Waals surface area contributed by atoms with Crippen molar-refractivity contribution in [1.82, 2.24) is 10.6 Å². The molecule has 0 atom stereocenters. The average Bonchev–Trinajstić information content (AvgIpc) is 3.25. The first-order valence-corrected chi connectivity index (χ1v) is 9.15. The summed E-state index contributed by atoms with van der Waals surface area (Å²) >= 11 is 6.17. The number of hydrogen-bond donors (Lipinski definition) is 3. The second-order valence-electron chi connectivity index (χ2n) is 6.00. The maximum Gasteiger partial charge on any atom is 0.291 e. The van der Waals surface area contributed by atoms with E-state index in [0.717, 1.165) is 16.1 Å². The summed E-state index contributed by atoms with van der Waals surface area (Å²) in [5.74, 6) is 0.675. The Bertz CT molecular complexity index is 937. The lowest BCUT2D eigenvalue weighted by atomic mass is 10.2. The monoisotopic (exact) mass is 396 g/mol. The molecule has 3 aromatic rings. The van der Waals surface area contributed by atoms with Crippen molar-refractivity contribution in [3.05, 3.63) is 88.8 Å². The predicted octanol–water partition coefficient (Wildman–Crippen LogP) is 4.05. The second-order valence-corrected chi connectivity index (χ2v) is 6.41. The second kappa shape index (κ2) is 9.62. The van der Waals surface area contributed by atoms with Crippen molar-refractivity contribution in [2.24, 2.45) is 4.99 Å². The molecule has 0 radical (unpaired) electrons. The van der Waals surface area contributed by atoms with Gasteiger partial charge in [-0.05, 0) is 41.5 Å². The van der Waals surface area contributed by atoms with E-state index in [4.69, 9.17) is 16.0 Å². The van der Waals surface area contributed by atoms with Crippen molar-refractivity contribution in [2.75, 3.05) is 12.4 Å². The van der Waals surface area contributed by atoms with Crippen LogP contribution in [0.3, 0.4) is 0 Å². The largest absolute Gasteiger partial charge is 0.459 e. The molecule has 7 heteroatoms. The van der Waals surface area contributed by atoms with Crippen molar-refractivity contribution in [3.63, 3.8) is 0 Å². The van der Waals surface area contributed by atoms with Gasteiger partial charge in [-0.2, -0.15) is 0 Å². The highest BCUT2D eigenvalue weighted by Gasteiger charge is 2.08. The van der Waals surface area contributed by atoms with Crippen LogP contribution < -0.4 is 16.0 Å². The number of furan rings is 1. The van der Waals surface area contributed by atoms with Gasteiger partial charge in [-0.1, -0.05) is 41.9 Å². The van der Waals surface area contributed by atoms with E-state index in [1.54, 1.807) is 19.2 Å². The Morgan fingerprint density at radius 1 is 1.00 bits per heavy atom. The summed E-state index contributed by atoms with van der Waals surface area (Å²) in [5.41, 5.74) is 2.76. The Balaban J connectivity index is 1.49. The van der Waals surface area contributed by atoms with Gasteiger partial charge in [-0.25, -0.2) is 0 Å². The van der Waals surface area contributed by atoms with Gasteiger partial charge in [0.1, 0.15) is 0 Å². The molecule has 3 rings (SSSR count). The summed E-state index contributed by atoms with van der Waals surface area (Å²) < 4.78 is 5.08. The van der Waals surface area contributed by atoms with Crippen LogP contribution in [0.25, 0.3) is 0 Å². The van der Waals surface area contributed by atoms with E-state index in [1.165, 1.54) is 6.26 Å². The fraction of sp³-hybridized carbons (Fsp3) is 0.143. The van der Waals surface area contributed by atoms with E-state index in [9.17, 15) is 4.79 Å². The highest BCUT2D eigenvalue weighted by molar-refractivity contribution is 6.31. The van der Waals surface area contributed by atoms with Crippen molar-refractivity contribution in [1.29, 1.82) is 0 Å². The molecule has 0 aliphatic heterocycles. The lowest BCUT2D eigenvalue weighted by Crippen LogP contribution is -2.36. The standard InChI is InChI=1S/C21H21ClN4O2/c1-23-21(25-14-16-5-2-3-6-18(16)22)24-13-15-8-10-17(11-9-15)26-20(27)19-7-4-12-28-19/h2-12H,13-14H2,1H3,(H,26,27)(H2,23,24,25). The molecule has 6 nitrogen and oxygen atoms in total. The zero-order valence-corrected chi connectivity index (χ0v) is 16.2. The van der Waals surface area contributed by atoms with Crippen LogP contribution in [0.4, 0.5) is 5.69 Å². The van der Waals surface area contributed by atoms with Crippen molar-refractivity contribution in [3.8, 4) is 0 Å². The van der Waals surface area contributed by atoms with Crippen LogP contribution in [0, 0.1) is 0 Å². The molecule has 3 N–H and O–H groups in total. The maximum absolute atomic E-state index is 12.0. The molecule has 0 saturated carbocycles. The third-order valence-electron chi connectivity index (χ3n) is 4.04. The quantitative estimate of drug-likeness (QED) is 0.434. The van der Waals surface area contributed by atoms with E-state index in [-0.39, 0.29) is 11.7 Å². The molecule has 0 aliphatic carbocycles. The van der Waals surface area contributed by atoms with Crippen molar-refractivity contribution >= 4 is 29.2 Å². The van der Waals surface area contributed by atoms with E-state index < -0.39 is 0 Å². The van der Waals surface area contributed by atoms with E-state index in [2.05, 4.69) is 20.9 Å². The predicted molar refractivity (Wildman–Crippen MR) is 112 cm³/mol. The number of hydrogen-bond acceptors (Lipinski definition) is 3. The van der Waals surface area contributed by atoms with E-state index >= 15 is 0 Å². The first-order valence-electron chi connectivity index (χ1n) is 8.77. The fourth-order valence-corrected chi connectivity index (χ4v) is 2.74. The minimum Gasteiger partial charge on any atom is -0.459 e. The van der Waals surface area contributed by atoms with Gasteiger partial charge in [0.2, 0.25) is 0 Å². The molecular weight excluding hydrogens is 376 g/mol. The number of aliphatic imine (C=N–C) groups is 1. The van der Waals surface area contributed by atoms with Crippen molar-refractivity contribution in [2.45, 2.75) is 13.1 Å². The van der Waals surface area contributed by atoms with Crippen LogP contribution in [0.5, 0.6) is 0 Å². The molecule has 1 amide bonds. The Morgan fingerprint density at radius 3 is 2.43 bits per heavy atom. The van der Waals surface area contributed by atoms with Crippen LogP contribution >= 0.6 is 11.6 Å². The van der Waals surface area contributed by atoms with Crippen LogP contribution in [-0.2, 0) is 13.1 Å². The number of carbonyl (C=O) groups excluding carboxylic acids is 1. The highest BCUT2D eigenvalue weighted by Crippen LogP contribution is 2.14. The van der Waals surface area contributed by atoms with Gasteiger partial charge < -0.3 is 20.4 Å². The fourth-order valence-electron chi connectivity index (χ4n) is 2.53. The third-order valence-corrected chi connectivity index (χ3v) is 4.41. The normalized spacial score (nSPS) is 11.1. The molecular formula is C21H21ClN4O2. The number of amides is 1. The van der Waals surface area contributed by atoms with Crippen LogP contribution in [0.1, 0.15) is 21.7 Å². The molecule has 144 valence electrons. The smallest absolute Gasteiger partial charge is 0.291 e. The first-order chi connectivity index (χ1) is 13.7. The highest BCUT2D eigenvalue weighted by atomic mass is 35.5. The number of nitrogens with one attached hydrogen (secondary N) is 3. The van der Waals surface area contributed by atoms with Gasteiger partial charge >= 0.3 is 0 Å². The van der Waals surface area contributed by atoms with Gasteiger partial charge in [0.05, 0.1) is 6.26 Å². The number of rotatable bonds is 6. The zero-order chi connectivity index (χ0) is 19.8. The number of guanidine groups is 1. The summed E-state index contributed by atoms with van der Waals surface area (Å²) in [4.78, 5) is 16.2. The van der Waals surface area contributed by atoms with Gasteiger partial charge in [0.15, 0.2) is 11.7 Å². The Morgan fingerprint density at radius 2 is 1.75 bits per heavy atom. The molecule has 28 heavy (non-hydrogen) atoms. The molecule has 0 spiro atoms. The van der Waals surface area contributed by atoms with Gasteiger partial charge in [-0.3, -0.25) is 9.79 Å². The summed E-state index contributed by atoms with van der Waals surface area (Å²) in [6.07, 6.45) is 1.47. The number of nitrogens with zero attached hydrogens (tertiary/aromatic N) is 1. The number of benzene rings is 2. The topological polar surface area (TPSA) is 78.7 Å². The maximum atomic E-state index is 12.0. The SMILES string of the molecule is CN=C(NCc1ccc(NC(=O)c2ccco2)cc1)NCc1ccccc1Cl. The average molecular weight is 397 g/mol. The van der Waals surface area contributed by atoms with Crippen molar-refractivity contribution < 1.29 is 9.21 Å². The summed E-state index contributed by atoms with van der Waals surface area (Å²) in [6, 6.07) is 18.5. The van der Waals surface area contributed by atoms with Gasteiger partial charge in [-0.15, -0.1) is 0 Å². The van der Waals surface area contributed by atoms with E-state index in [0.29, 0.717) is 24.7 Å². The summed E-state index contributed by atoms with van der Waals surface area (Å²) in [7, 11) is 1.72. The van der Waals surface area contributed by atoms with Crippen LogP contribution in [0.15, 0.2) is 76.3 Å². The molecule has 2 aromatic carbocycles. The van der Waals surface area contributed by atoms with Crippen LogP contribution in [0.2, 0.25) is 5.02 Å². The van der Waals surface area contributed by atoms with Crippen LogP contribution in [-0.4, -0.2) is 18.9 Å². The lowest BCUT2D eigenvalue weighted by Gasteiger charge is -2.13.